The molecule has 0 rings (SSSR count). The lowest BCUT2D eigenvalue weighted by Crippen LogP contribution is -3.00. The Labute approximate surface area is 144 Å². The number of rotatable bonds is 15. The maximum absolute atomic E-state index is 8.82. The fourth-order valence-electron chi connectivity index (χ4n) is 2.79. The first-order valence-electron chi connectivity index (χ1n) is 9.05. The zero-order valence-corrected chi connectivity index (χ0v) is 16.5. The molecule has 0 saturated carbocycles. The van der Waals surface area contributed by atoms with Gasteiger partial charge in [-0.2, -0.15) is 0 Å². The Morgan fingerprint density at radius 2 is 1.00 bits per heavy atom. The predicted molar refractivity (Wildman–Crippen MR) is 90.0 cm³/mol. The van der Waals surface area contributed by atoms with Gasteiger partial charge in [-0.05, 0) is 25.7 Å². The zero-order chi connectivity index (χ0) is 15.1. The molecule has 2 nitrogen and oxygen atoms in total. The van der Waals surface area contributed by atoms with Gasteiger partial charge in [-0.15, -0.1) is 0 Å². The largest absolute Gasteiger partial charge is 1.00 e. The molecule has 21 heavy (non-hydrogen) atoms. The van der Waals surface area contributed by atoms with Crippen LogP contribution in [-0.4, -0.2) is 43.4 Å². The molecule has 0 aromatic carbocycles. The van der Waals surface area contributed by atoms with Gasteiger partial charge in [0, 0.05) is 6.61 Å². The number of hydrogen-bond acceptors (Lipinski definition) is 1. The van der Waals surface area contributed by atoms with Gasteiger partial charge in [0.2, 0.25) is 0 Å². The predicted octanol–water partition coefficient (Wildman–Crippen LogP) is 1.76. The molecule has 3 heteroatoms. The molecule has 0 fully saturated rings. The molecule has 0 spiro atoms. The molecule has 0 atom stereocenters. The number of aliphatic hydroxyl groups is 1. The van der Waals surface area contributed by atoms with Crippen LogP contribution in [0.5, 0.6) is 0 Å². The van der Waals surface area contributed by atoms with Crippen molar-refractivity contribution in [1.82, 2.24) is 0 Å². The minimum atomic E-state index is 0. The van der Waals surface area contributed by atoms with Gasteiger partial charge in [-0.1, -0.05) is 58.3 Å². The third-order valence-electron chi connectivity index (χ3n) is 4.29. The Morgan fingerprint density at radius 3 is 1.43 bits per heavy atom. The molecule has 0 aromatic heterocycles. The SMILES string of the molecule is CCCCCCCCCCCC[N+](C)(C)CCCCO.[Br-]. The summed E-state index contributed by atoms with van der Waals surface area (Å²) in [4.78, 5) is 0. The molecule has 0 bridgehead atoms. The first-order valence-corrected chi connectivity index (χ1v) is 9.05. The fraction of sp³-hybridized carbons (Fsp3) is 1.00. The summed E-state index contributed by atoms with van der Waals surface area (Å²) in [6.45, 7) is 5.13. The zero-order valence-electron chi connectivity index (χ0n) is 14.9. The van der Waals surface area contributed by atoms with Crippen LogP contribution in [0.15, 0.2) is 0 Å². The minimum absolute atomic E-state index is 0. The van der Waals surface area contributed by atoms with E-state index in [1.54, 1.807) is 0 Å². The van der Waals surface area contributed by atoms with E-state index >= 15 is 0 Å². The van der Waals surface area contributed by atoms with Crippen molar-refractivity contribution in [2.45, 2.75) is 84.0 Å². The minimum Gasteiger partial charge on any atom is -1.00 e. The van der Waals surface area contributed by atoms with Gasteiger partial charge in [0.1, 0.15) is 0 Å². The highest BCUT2D eigenvalue weighted by molar-refractivity contribution is 4.48. The van der Waals surface area contributed by atoms with Gasteiger partial charge >= 0.3 is 0 Å². The van der Waals surface area contributed by atoms with Gasteiger partial charge in [-0.25, -0.2) is 0 Å². The van der Waals surface area contributed by atoms with Crippen LogP contribution in [0, 0.1) is 0 Å². The topological polar surface area (TPSA) is 20.2 Å². The van der Waals surface area contributed by atoms with E-state index in [1.165, 1.54) is 77.3 Å². The third-order valence-corrected chi connectivity index (χ3v) is 4.29. The van der Waals surface area contributed by atoms with Crippen LogP contribution in [0.3, 0.4) is 0 Å². The second-order valence-corrected chi connectivity index (χ2v) is 7.00. The Hall–Kier alpha value is 0.400. The normalized spacial score (nSPS) is 11.4. The van der Waals surface area contributed by atoms with Crippen LogP contribution < -0.4 is 17.0 Å². The molecule has 130 valence electrons. The van der Waals surface area contributed by atoms with E-state index in [-0.39, 0.29) is 17.0 Å². The summed E-state index contributed by atoms with van der Waals surface area (Å²) in [5.74, 6) is 0. The van der Waals surface area contributed by atoms with E-state index in [9.17, 15) is 0 Å². The summed E-state index contributed by atoms with van der Waals surface area (Å²) in [6.07, 6.45) is 16.3. The van der Waals surface area contributed by atoms with E-state index in [4.69, 9.17) is 5.11 Å². The lowest BCUT2D eigenvalue weighted by molar-refractivity contribution is -0.890. The average molecular weight is 366 g/mol. The number of hydrogen-bond donors (Lipinski definition) is 1. The molecule has 1 N–H and O–H groups in total. The van der Waals surface area contributed by atoms with E-state index in [1.807, 2.05) is 0 Å². The Morgan fingerprint density at radius 1 is 0.619 bits per heavy atom. The third kappa shape index (κ3) is 18.4. The second kappa shape index (κ2) is 16.8. The molecular formula is C18H40BrNO. The lowest BCUT2D eigenvalue weighted by atomic mass is 10.1. The molecule has 0 aliphatic heterocycles. The lowest BCUT2D eigenvalue weighted by Gasteiger charge is -2.29. The van der Waals surface area contributed by atoms with Crippen molar-refractivity contribution in [3.05, 3.63) is 0 Å². The van der Waals surface area contributed by atoms with Crippen molar-refractivity contribution in [1.29, 1.82) is 0 Å². The molecule has 0 unspecified atom stereocenters. The highest BCUT2D eigenvalue weighted by Gasteiger charge is 2.13. The molecule has 0 radical (unpaired) electrons. The summed E-state index contributed by atoms with van der Waals surface area (Å²) in [7, 11) is 4.65. The van der Waals surface area contributed by atoms with E-state index in [0.29, 0.717) is 6.61 Å². The standard InChI is InChI=1S/C18H40NO.BrH/c1-4-5-6-7-8-9-10-11-12-13-16-19(2,3)17-14-15-18-20;/h20H,4-18H2,1-3H3;1H/q+1;/p-1. The van der Waals surface area contributed by atoms with Gasteiger partial charge in [0.25, 0.3) is 0 Å². The van der Waals surface area contributed by atoms with Crippen molar-refractivity contribution < 1.29 is 26.6 Å². The second-order valence-electron chi connectivity index (χ2n) is 7.00. The van der Waals surface area contributed by atoms with Gasteiger partial charge in [0.05, 0.1) is 27.2 Å². The van der Waals surface area contributed by atoms with Crippen LogP contribution in [0.4, 0.5) is 0 Å². The van der Waals surface area contributed by atoms with Crippen LogP contribution >= 0.6 is 0 Å². The smallest absolute Gasteiger partial charge is 0.0783 e. The Bertz CT molecular complexity index is 198. The number of nitrogens with zero attached hydrogens (tertiary/aromatic N) is 1. The Kier molecular flexibility index (Phi) is 18.9. The molecule has 0 saturated heterocycles. The number of unbranched alkanes of at least 4 members (excludes halogenated alkanes) is 10. The average Bonchev–Trinajstić information content (AvgIpc) is 2.41. The van der Waals surface area contributed by atoms with E-state index in [2.05, 4.69) is 21.0 Å². The number of aliphatic hydroxyl groups excluding tert-OH is 1. The molecular weight excluding hydrogens is 326 g/mol. The van der Waals surface area contributed by atoms with Gasteiger partial charge in [0.15, 0.2) is 0 Å². The van der Waals surface area contributed by atoms with Gasteiger partial charge < -0.3 is 26.6 Å². The van der Waals surface area contributed by atoms with Crippen LogP contribution in [0.1, 0.15) is 84.0 Å². The summed E-state index contributed by atoms with van der Waals surface area (Å²) >= 11 is 0. The Balaban J connectivity index is 0. The monoisotopic (exact) mass is 365 g/mol. The van der Waals surface area contributed by atoms with Crippen LogP contribution in [0.25, 0.3) is 0 Å². The van der Waals surface area contributed by atoms with Crippen molar-refractivity contribution in [2.24, 2.45) is 0 Å². The van der Waals surface area contributed by atoms with Crippen molar-refractivity contribution in [3.63, 3.8) is 0 Å². The van der Waals surface area contributed by atoms with Crippen molar-refractivity contribution >= 4 is 0 Å². The molecule has 0 aromatic rings. The first-order chi connectivity index (χ1) is 9.62. The van der Waals surface area contributed by atoms with E-state index in [0.717, 1.165) is 17.3 Å². The fourth-order valence-corrected chi connectivity index (χ4v) is 2.79. The summed E-state index contributed by atoms with van der Waals surface area (Å²) in [6, 6.07) is 0. The first kappa shape index (κ1) is 23.7. The molecule has 0 aliphatic rings. The summed E-state index contributed by atoms with van der Waals surface area (Å²) in [5, 5.41) is 8.82. The maximum atomic E-state index is 8.82. The van der Waals surface area contributed by atoms with Crippen LogP contribution in [0.2, 0.25) is 0 Å². The highest BCUT2D eigenvalue weighted by atomic mass is 79.9. The van der Waals surface area contributed by atoms with Crippen molar-refractivity contribution in [2.75, 3.05) is 33.8 Å². The number of halogens is 1. The van der Waals surface area contributed by atoms with Crippen molar-refractivity contribution in [3.8, 4) is 0 Å². The summed E-state index contributed by atoms with van der Waals surface area (Å²) < 4.78 is 1.12. The quantitative estimate of drug-likeness (QED) is 0.346. The number of quaternary nitrogens is 1. The maximum Gasteiger partial charge on any atom is 0.0783 e. The molecule has 0 amide bonds. The van der Waals surface area contributed by atoms with Crippen LogP contribution in [-0.2, 0) is 0 Å². The van der Waals surface area contributed by atoms with E-state index < -0.39 is 0 Å². The highest BCUT2D eigenvalue weighted by Crippen LogP contribution is 2.12. The summed E-state index contributed by atoms with van der Waals surface area (Å²) in [5.41, 5.74) is 0. The molecule has 0 heterocycles. The van der Waals surface area contributed by atoms with Gasteiger partial charge in [-0.3, -0.25) is 0 Å². The molecule has 0 aliphatic carbocycles.